The molecule has 1 heterocycles. The summed E-state index contributed by atoms with van der Waals surface area (Å²) in [7, 11) is 0. The van der Waals surface area contributed by atoms with E-state index < -0.39 is 0 Å². The highest BCUT2D eigenvalue weighted by Gasteiger charge is 2.06. The third-order valence-electron chi connectivity index (χ3n) is 1.90. The van der Waals surface area contributed by atoms with Crippen LogP contribution in [0.5, 0.6) is 0 Å². The van der Waals surface area contributed by atoms with Crippen LogP contribution in [0.15, 0.2) is 6.07 Å². The lowest BCUT2D eigenvalue weighted by Crippen LogP contribution is -2.17. The van der Waals surface area contributed by atoms with E-state index in [1.165, 1.54) is 6.07 Å². The fourth-order valence-corrected chi connectivity index (χ4v) is 1.39. The largest absolute Gasteiger partial charge is 0.465 e. The molecule has 0 aromatic carbocycles. The van der Waals surface area contributed by atoms with Gasteiger partial charge in [0.05, 0.1) is 6.61 Å². The molecule has 0 amide bonds. The molecule has 100 valence electrons. The molecule has 0 spiro atoms. The number of anilines is 1. The lowest BCUT2D eigenvalue weighted by atomic mass is 10.5. The maximum Gasteiger partial charge on any atom is 0.325 e. The van der Waals surface area contributed by atoms with Gasteiger partial charge in [-0.1, -0.05) is 11.6 Å². The van der Waals surface area contributed by atoms with E-state index in [1.807, 2.05) is 6.92 Å². The van der Waals surface area contributed by atoms with Crippen molar-refractivity contribution in [3.63, 3.8) is 0 Å². The Balaban J connectivity index is 2.59. The molecule has 0 saturated carbocycles. The minimum absolute atomic E-state index is 0.0370. The van der Waals surface area contributed by atoms with Gasteiger partial charge in [0.25, 0.3) is 0 Å². The van der Waals surface area contributed by atoms with Crippen molar-refractivity contribution in [3.8, 4) is 0 Å². The Labute approximate surface area is 111 Å². The zero-order chi connectivity index (χ0) is 13.4. The number of hydrogen-bond donors (Lipinski definition) is 1. The summed E-state index contributed by atoms with van der Waals surface area (Å²) in [5.41, 5.74) is 0. The number of esters is 1. The molecule has 18 heavy (non-hydrogen) atoms. The number of halogens is 1. The summed E-state index contributed by atoms with van der Waals surface area (Å²) >= 11 is 5.84. The second-order valence-corrected chi connectivity index (χ2v) is 3.68. The number of aromatic nitrogens is 2. The summed E-state index contributed by atoms with van der Waals surface area (Å²) in [6.45, 7) is 4.87. The minimum atomic E-state index is -0.349. The number of carbonyl (C=O) groups excluding carboxylic acids is 1. The van der Waals surface area contributed by atoms with Crippen LogP contribution in [-0.4, -0.2) is 35.7 Å². The Hall–Kier alpha value is -1.40. The maximum absolute atomic E-state index is 11.2. The molecule has 0 aliphatic carbocycles. The Morgan fingerprint density at radius 2 is 2.17 bits per heavy atom. The normalized spacial score (nSPS) is 10.2. The second kappa shape index (κ2) is 7.84. The summed E-state index contributed by atoms with van der Waals surface area (Å²) in [4.78, 5) is 19.3. The lowest BCUT2D eigenvalue weighted by molar-refractivity contribution is -0.140. The first-order valence-electron chi connectivity index (χ1n) is 5.66. The highest BCUT2D eigenvalue weighted by molar-refractivity contribution is 6.29. The molecule has 0 atom stereocenters. The van der Waals surface area contributed by atoms with Crippen molar-refractivity contribution < 1.29 is 14.3 Å². The number of ether oxygens (including phenoxy) is 2. The zero-order valence-electron chi connectivity index (χ0n) is 10.4. The van der Waals surface area contributed by atoms with E-state index >= 15 is 0 Å². The van der Waals surface area contributed by atoms with Crippen LogP contribution in [0.2, 0.25) is 5.15 Å². The Bertz CT molecular complexity index is 401. The minimum Gasteiger partial charge on any atom is -0.465 e. The average Bonchev–Trinajstić information content (AvgIpc) is 2.34. The molecule has 0 aliphatic rings. The van der Waals surface area contributed by atoms with Crippen molar-refractivity contribution in [1.82, 2.24) is 9.97 Å². The maximum atomic E-state index is 11.2. The van der Waals surface area contributed by atoms with E-state index in [0.717, 1.165) is 0 Å². The molecule has 0 unspecified atom stereocenters. The SMILES string of the molecule is CCOCc1nc(Cl)cc(NCC(=O)OCC)n1. The Morgan fingerprint density at radius 3 is 2.83 bits per heavy atom. The summed E-state index contributed by atoms with van der Waals surface area (Å²) in [5, 5.41) is 3.12. The second-order valence-electron chi connectivity index (χ2n) is 3.29. The van der Waals surface area contributed by atoms with Crippen LogP contribution in [-0.2, 0) is 20.9 Å². The summed E-state index contributed by atoms with van der Waals surface area (Å²) in [6, 6.07) is 1.54. The van der Waals surface area contributed by atoms with Crippen molar-refractivity contribution in [3.05, 3.63) is 17.0 Å². The van der Waals surface area contributed by atoms with Crippen LogP contribution in [0, 0.1) is 0 Å². The van der Waals surface area contributed by atoms with Crippen molar-refractivity contribution in [2.75, 3.05) is 25.1 Å². The quantitative estimate of drug-likeness (QED) is 0.601. The van der Waals surface area contributed by atoms with Gasteiger partial charge in [0.2, 0.25) is 0 Å². The van der Waals surface area contributed by atoms with Gasteiger partial charge >= 0.3 is 5.97 Å². The number of carbonyl (C=O) groups is 1. The molecule has 0 aliphatic heterocycles. The first kappa shape index (κ1) is 14.7. The van der Waals surface area contributed by atoms with Crippen LogP contribution >= 0.6 is 11.6 Å². The predicted molar refractivity (Wildman–Crippen MR) is 67.5 cm³/mol. The standard InChI is InChI=1S/C11H16ClN3O3/c1-3-17-7-10-14-8(12)5-9(15-10)13-6-11(16)18-4-2/h5H,3-4,6-7H2,1-2H3,(H,13,14,15). The lowest BCUT2D eigenvalue weighted by Gasteiger charge is -2.07. The molecule has 0 saturated heterocycles. The van der Waals surface area contributed by atoms with Gasteiger partial charge < -0.3 is 14.8 Å². The Morgan fingerprint density at radius 1 is 1.39 bits per heavy atom. The monoisotopic (exact) mass is 273 g/mol. The molecule has 1 aromatic rings. The molecule has 0 radical (unpaired) electrons. The third kappa shape index (κ3) is 5.29. The van der Waals surface area contributed by atoms with Crippen molar-refractivity contribution >= 4 is 23.4 Å². The van der Waals surface area contributed by atoms with Gasteiger partial charge in [-0.15, -0.1) is 0 Å². The van der Waals surface area contributed by atoms with Crippen molar-refractivity contribution in [2.24, 2.45) is 0 Å². The molecule has 0 bridgehead atoms. The van der Waals surface area contributed by atoms with Crippen LogP contribution in [0.4, 0.5) is 5.82 Å². The predicted octanol–water partition coefficient (Wildman–Crippen LogP) is 1.64. The van der Waals surface area contributed by atoms with Crippen molar-refractivity contribution in [1.29, 1.82) is 0 Å². The molecular weight excluding hydrogens is 258 g/mol. The number of hydrogen-bond acceptors (Lipinski definition) is 6. The highest BCUT2D eigenvalue weighted by Crippen LogP contribution is 2.12. The van der Waals surface area contributed by atoms with E-state index in [0.29, 0.717) is 30.0 Å². The van der Waals surface area contributed by atoms with Gasteiger partial charge in [0.1, 0.15) is 24.1 Å². The molecule has 1 aromatic heterocycles. The topological polar surface area (TPSA) is 73.3 Å². The highest BCUT2D eigenvalue weighted by atomic mass is 35.5. The fraction of sp³-hybridized carbons (Fsp3) is 0.545. The van der Waals surface area contributed by atoms with E-state index in [9.17, 15) is 4.79 Å². The van der Waals surface area contributed by atoms with Crippen LogP contribution in [0.25, 0.3) is 0 Å². The van der Waals surface area contributed by atoms with Crippen LogP contribution < -0.4 is 5.32 Å². The van der Waals surface area contributed by atoms with E-state index in [2.05, 4.69) is 15.3 Å². The van der Waals surface area contributed by atoms with Gasteiger partial charge in [0.15, 0.2) is 5.82 Å². The fourth-order valence-electron chi connectivity index (χ4n) is 1.19. The molecule has 7 heteroatoms. The summed E-state index contributed by atoms with van der Waals surface area (Å²) < 4.78 is 9.98. The number of rotatable bonds is 7. The Kier molecular flexibility index (Phi) is 6.38. The van der Waals surface area contributed by atoms with Crippen molar-refractivity contribution in [2.45, 2.75) is 20.5 Å². The van der Waals surface area contributed by atoms with Gasteiger partial charge in [0, 0.05) is 12.7 Å². The molecule has 6 nitrogen and oxygen atoms in total. The smallest absolute Gasteiger partial charge is 0.325 e. The van der Waals surface area contributed by atoms with E-state index in [1.54, 1.807) is 6.92 Å². The van der Waals surface area contributed by atoms with E-state index in [4.69, 9.17) is 21.1 Å². The van der Waals surface area contributed by atoms with Gasteiger partial charge in [-0.25, -0.2) is 9.97 Å². The van der Waals surface area contributed by atoms with Gasteiger partial charge in [-0.05, 0) is 13.8 Å². The van der Waals surface area contributed by atoms with Gasteiger partial charge in [-0.2, -0.15) is 0 Å². The van der Waals surface area contributed by atoms with E-state index in [-0.39, 0.29) is 19.1 Å². The molecule has 1 N–H and O–H groups in total. The first-order valence-corrected chi connectivity index (χ1v) is 6.04. The summed E-state index contributed by atoms with van der Waals surface area (Å²) in [6.07, 6.45) is 0. The first-order chi connectivity index (χ1) is 8.65. The molecule has 0 fully saturated rings. The third-order valence-corrected chi connectivity index (χ3v) is 2.09. The van der Waals surface area contributed by atoms with Gasteiger partial charge in [-0.3, -0.25) is 4.79 Å². The van der Waals surface area contributed by atoms with Crippen LogP contribution in [0.3, 0.4) is 0 Å². The number of nitrogens with one attached hydrogen (secondary N) is 1. The van der Waals surface area contributed by atoms with Crippen LogP contribution in [0.1, 0.15) is 19.7 Å². The zero-order valence-corrected chi connectivity index (χ0v) is 11.2. The number of nitrogens with zero attached hydrogens (tertiary/aromatic N) is 2. The molecular formula is C11H16ClN3O3. The summed E-state index contributed by atoms with van der Waals surface area (Å²) in [5.74, 6) is 0.590. The molecule has 1 rings (SSSR count). The average molecular weight is 274 g/mol.